The molecule has 10 aromatic rings. The van der Waals surface area contributed by atoms with E-state index in [1.165, 1.54) is 82.7 Å². The third kappa shape index (κ3) is 4.57. The number of benzene rings is 8. The van der Waals surface area contributed by atoms with Crippen LogP contribution in [0.2, 0.25) is 0 Å². The number of rotatable bonds is 5. The van der Waals surface area contributed by atoms with Crippen molar-refractivity contribution in [2.45, 2.75) is 0 Å². The van der Waals surface area contributed by atoms with Crippen LogP contribution < -0.4 is 0 Å². The average molecular weight is 637 g/mol. The number of hydrogen-bond donors (Lipinski definition) is 0. The minimum atomic E-state index is 1.15. The molecule has 0 saturated carbocycles. The molecule has 2 heterocycles. The van der Waals surface area contributed by atoms with E-state index >= 15 is 0 Å². The zero-order valence-electron chi connectivity index (χ0n) is 27.4. The van der Waals surface area contributed by atoms with Crippen LogP contribution in [0, 0.1) is 0 Å². The topological polar surface area (TPSA) is 9.86 Å². The normalized spacial score (nSPS) is 11.6. The van der Waals surface area contributed by atoms with E-state index in [4.69, 9.17) is 0 Å². The van der Waals surface area contributed by atoms with Gasteiger partial charge in [-0.1, -0.05) is 133 Å². The fourth-order valence-corrected chi connectivity index (χ4v) is 7.79. The Hall–Kier alpha value is -6.64. The molecule has 0 fully saturated rings. The lowest BCUT2D eigenvalue weighted by Crippen LogP contribution is -1.96. The van der Waals surface area contributed by atoms with E-state index in [9.17, 15) is 0 Å². The molecule has 2 nitrogen and oxygen atoms in total. The lowest BCUT2D eigenvalue weighted by Gasteiger charge is -2.12. The minimum absolute atomic E-state index is 1.15. The van der Waals surface area contributed by atoms with Crippen LogP contribution in [0.5, 0.6) is 0 Å². The van der Waals surface area contributed by atoms with Crippen molar-refractivity contribution in [3.63, 3.8) is 0 Å². The second kappa shape index (κ2) is 11.5. The van der Waals surface area contributed by atoms with E-state index in [-0.39, 0.29) is 0 Å². The molecule has 234 valence electrons. The summed E-state index contributed by atoms with van der Waals surface area (Å²) in [5.41, 5.74) is 14.4. The third-order valence-electron chi connectivity index (χ3n) is 10.1. The maximum Gasteiger partial charge on any atom is 0.0542 e. The summed E-state index contributed by atoms with van der Waals surface area (Å²) in [5.74, 6) is 0. The van der Waals surface area contributed by atoms with Gasteiger partial charge in [0.15, 0.2) is 0 Å². The van der Waals surface area contributed by atoms with Gasteiger partial charge in [-0.2, -0.15) is 0 Å². The van der Waals surface area contributed by atoms with Crippen LogP contribution in [0.1, 0.15) is 0 Å². The summed E-state index contributed by atoms with van der Waals surface area (Å²) < 4.78 is 4.82. The highest BCUT2D eigenvalue weighted by Crippen LogP contribution is 2.38. The Morgan fingerprint density at radius 3 is 1.16 bits per heavy atom. The van der Waals surface area contributed by atoms with Crippen molar-refractivity contribution in [2.24, 2.45) is 0 Å². The molecule has 0 aliphatic carbocycles. The van der Waals surface area contributed by atoms with E-state index in [0.29, 0.717) is 0 Å². The fraction of sp³-hybridized carbons (Fsp3) is 0. The van der Waals surface area contributed by atoms with Crippen LogP contribution in [0.25, 0.3) is 88.4 Å². The van der Waals surface area contributed by atoms with Crippen molar-refractivity contribution in [1.29, 1.82) is 0 Å². The van der Waals surface area contributed by atoms with Crippen LogP contribution >= 0.6 is 0 Å². The van der Waals surface area contributed by atoms with Crippen molar-refractivity contribution < 1.29 is 0 Å². The lowest BCUT2D eigenvalue weighted by molar-refractivity contribution is 1.17. The van der Waals surface area contributed by atoms with E-state index in [2.05, 4.69) is 203 Å². The van der Waals surface area contributed by atoms with E-state index < -0.39 is 0 Å². The summed E-state index contributed by atoms with van der Waals surface area (Å²) in [6, 6.07) is 70.4. The Balaban J connectivity index is 1.09. The molecule has 8 aromatic carbocycles. The fourth-order valence-electron chi connectivity index (χ4n) is 7.79. The molecule has 0 N–H and O–H groups in total. The van der Waals surface area contributed by atoms with Gasteiger partial charge < -0.3 is 9.13 Å². The molecule has 10 rings (SSSR count). The van der Waals surface area contributed by atoms with Gasteiger partial charge in [-0.3, -0.25) is 0 Å². The zero-order valence-corrected chi connectivity index (χ0v) is 27.4. The van der Waals surface area contributed by atoms with Crippen molar-refractivity contribution in [3.8, 4) is 44.8 Å². The summed E-state index contributed by atoms with van der Waals surface area (Å²) in [6.07, 6.45) is 0. The Morgan fingerprint density at radius 1 is 0.220 bits per heavy atom. The predicted octanol–water partition coefficient (Wildman–Crippen LogP) is 12.9. The smallest absolute Gasteiger partial charge is 0.0542 e. The lowest BCUT2D eigenvalue weighted by atomic mass is 9.96. The molecule has 0 atom stereocenters. The number of para-hydroxylation sites is 3. The minimum Gasteiger partial charge on any atom is -0.309 e. The van der Waals surface area contributed by atoms with E-state index in [1.807, 2.05) is 0 Å². The molecule has 0 spiro atoms. The molecule has 0 aliphatic heterocycles. The first-order chi connectivity index (χ1) is 24.8. The summed E-state index contributed by atoms with van der Waals surface area (Å²) in [7, 11) is 0. The van der Waals surface area contributed by atoms with Crippen molar-refractivity contribution in [3.05, 3.63) is 194 Å². The van der Waals surface area contributed by atoms with Crippen LogP contribution in [-0.2, 0) is 0 Å². The summed E-state index contributed by atoms with van der Waals surface area (Å²) in [5, 5.41) is 5.03. The molecule has 50 heavy (non-hydrogen) atoms. The van der Waals surface area contributed by atoms with Gasteiger partial charge in [0.1, 0.15) is 0 Å². The van der Waals surface area contributed by atoms with E-state index in [0.717, 1.165) is 5.69 Å². The second-order valence-electron chi connectivity index (χ2n) is 13.0. The van der Waals surface area contributed by atoms with Crippen molar-refractivity contribution >= 4 is 43.6 Å². The quantitative estimate of drug-likeness (QED) is 0.178. The van der Waals surface area contributed by atoms with Crippen molar-refractivity contribution in [1.82, 2.24) is 9.13 Å². The first-order valence-corrected chi connectivity index (χ1v) is 17.2. The maximum absolute atomic E-state index is 2.41. The molecule has 0 radical (unpaired) electrons. The van der Waals surface area contributed by atoms with Gasteiger partial charge in [-0.15, -0.1) is 0 Å². The zero-order chi connectivity index (χ0) is 33.0. The largest absolute Gasteiger partial charge is 0.309 e. The first kappa shape index (κ1) is 28.4. The molecular weight excluding hydrogens is 605 g/mol. The molecule has 0 amide bonds. The molecule has 2 aromatic heterocycles. The summed E-state index contributed by atoms with van der Waals surface area (Å²) in [4.78, 5) is 0. The van der Waals surface area contributed by atoms with Gasteiger partial charge in [-0.05, 0) is 94.0 Å². The Kier molecular flexibility index (Phi) is 6.53. The van der Waals surface area contributed by atoms with Gasteiger partial charge in [0.25, 0.3) is 0 Å². The summed E-state index contributed by atoms with van der Waals surface area (Å²) >= 11 is 0. The third-order valence-corrected chi connectivity index (χ3v) is 10.1. The Labute approximate surface area is 290 Å². The summed E-state index contributed by atoms with van der Waals surface area (Å²) in [6.45, 7) is 0. The Bertz CT molecular complexity index is 2820. The molecule has 0 saturated heterocycles. The average Bonchev–Trinajstić information content (AvgIpc) is 3.71. The highest BCUT2D eigenvalue weighted by atomic mass is 15.0. The highest BCUT2D eigenvalue weighted by molar-refractivity contribution is 6.12. The van der Waals surface area contributed by atoms with Gasteiger partial charge in [0.2, 0.25) is 0 Å². The van der Waals surface area contributed by atoms with Gasteiger partial charge in [0.05, 0.1) is 22.1 Å². The highest BCUT2D eigenvalue weighted by Gasteiger charge is 2.16. The molecule has 2 heteroatoms. The van der Waals surface area contributed by atoms with Crippen molar-refractivity contribution in [2.75, 3.05) is 0 Å². The first-order valence-electron chi connectivity index (χ1n) is 17.2. The SMILES string of the molecule is c1ccc(-c2cccc(-c3cccc(-c4cccc(-n5c6ccccc6c6cc(-n7c8ccccc8c8ccccc87)ccc65)c4)c3)c2)cc1. The molecule has 0 unspecified atom stereocenters. The predicted molar refractivity (Wildman–Crippen MR) is 211 cm³/mol. The molecule has 0 aliphatic rings. The van der Waals surface area contributed by atoms with Crippen LogP contribution in [0.4, 0.5) is 0 Å². The standard InChI is InChI=1S/C48H32N2/c1-2-13-33(14-3-1)34-15-10-16-35(29-34)36-17-11-18-37(30-36)38-19-12-20-39(31-38)49-47-26-9-6-23-43(47)44-32-40(27-28-48(44)49)50-45-24-7-4-21-41(45)42-22-5-8-25-46(42)50/h1-32H. The number of aromatic nitrogens is 2. The molecular formula is C48H32N2. The Morgan fingerprint density at radius 2 is 0.600 bits per heavy atom. The molecule has 0 bridgehead atoms. The van der Waals surface area contributed by atoms with Gasteiger partial charge >= 0.3 is 0 Å². The van der Waals surface area contributed by atoms with Gasteiger partial charge in [0, 0.05) is 32.9 Å². The van der Waals surface area contributed by atoms with E-state index in [1.54, 1.807) is 0 Å². The monoisotopic (exact) mass is 636 g/mol. The van der Waals surface area contributed by atoms with Crippen LogP contribution in [0.15, 0.2) is 194 Å². The number of nitrogens with zero attached hydrogens (tertiary/aromatic N) is 2. The number of hydrogen-bond acceptors (Lipinski definition) is 0. The second-order valence-corrected chi connectivity index (χ2v) is 13.0. The van der Waals surface area contributed by atoms with Crippen LogP contribution in [-0.4, -0.2) is 9.13 Å². The van der Waals surface area contributed by atoms with Gasteiger partial charge in [-0.25, -0.2) is 0 Å². The number of fused-ring (bicyclic) bond motifs is 6. The maximum atomic E-state index is 2.41. The van der Waals surface area contributed by atoms with Crippen LogP contribution in [0.3, 0.4) is 0 Å².